The van der Waals surface area contributed by atoms with E-state index >= 15 is 0 Å². The molecule has 2 aliphatic heterocycles. The first kappa shape index (κ1) is 13.8. The van der Waals surface area contributed by atoms with Crippen molar-refractivity contribution in [1.29, 1.82) is 0 Å². The van der Waals surface area contributed by atoms with Crippen molar-refractivity contribution in [3.05, 3.63) is 53.4 Å². The number of aliphatic imine (C=N–C) groups is 2. The van der Waals surface area contributed by atoms with E-state index in [4.69, 9.17) is 4.74 Å². The molecule has 1 aromatic rings. The molecule has 3 heteroatoms. The van der Waals surface area contributed by atoms with Gasteiger partial charge in [0.25, 0.3) is 0 Å². The molecular weight excluding hydrogens is 260 g/mol. The van der Waals surface area contributed by atoms with Crippen LogP contribution in [0, 0.1) is 0 Å². The number of unbranched alkanes of at least 4 members (excludes halogenated alkanes) is 3. The maximum Gasteiger partial charge on any atom is 0.119 e. The Kier molecular flexibility index (Phi) is 4.29. The van der Waals surface area contributed by atoms with Crippen LogP contribution in [0.3, 0.4) is 0 Å². The normalized spacial score (nSPS) is 15.6. The third-order valence-electron chi connectivity index (χ3n) is 3.71. The van der Waals surface area contributed by atoms with Gasteiger partial charge < -0.3 is 4.74 Å². The van der Waals surface area contributed by atoms with Crippen molar-refractivity contribution < 1.29 is 4.74 Å². The molecule has 3 rings (SSSR count). The van der Waals surface area contributed by atoms with E-state index in [1.165, 1.54) is 19.3 Å². The van der Waals surface area contributed by atoms with Crippen LogP contribution in [0.4, 0.5) is 0 Å². The zero-order valence-electron chi connectivity index (χ0n) is 12.4. The predicted octanol–water partition coefficient (Wildman–Crippen LogP) is 4.30. The Morgan fingerprint density at radius 2 is 1.86 bits per heavy atom. The average Bonchev–Trinajstić information content (AvgIpc) is 3.11. The molecule has 0 atom stereocenters. The zero-order chi connectivity index (χ0) is 14.5. The van der Waals surface area contributed by atoms with E-state index in [1.54, 1.807) is 0 Å². The summed E-state index contributed by atoms with van der Waals surface area (Å²) in [4.78, 5) is 8.64. The maximum absolute atomic E-state index is 5.76. The highest BCUT2D eigenvalue weighted by Crippen LogP contribution is 2.26. The van der Waals surface area contributed by atoms with Gasteiger partial charge in [-0.2, -0.15) is 0 Å². The lowest BCUT2D eigenvalue weighted by Gasteiger charge is -2.08. The second-order valence-corrected chi connectivity index (χ2v) is 5.32. The summed E-state index contributed by atoms with van der Waals surface area (Å²) < 4.78 is 5.76. The van der Waals surface area contributed by atoms with E-state index in [0.717, 1.165) is 41.2 Å². The maximum atomic E-state index is 5.76. The minimum Gasteiger partial charge on any atom is -0.494 e. The zero-order valence-corrected chi connectivity index (χ0v) is 12.4. The third-order valence-corrected chi connectivity index (χ3v) is 3.71. The van der Waals surface area contributed by atoms with Gasteiger partial charge in [-0.25, -0.2) is 0 Å². The molecule has 0 saturated heterocycles. The van der Waals surface area contributed by atoms with E-state index in [9.17, 15) is 0 Å². The number of hydrogen-bond donors (Lipinski definition) is 0. The largest absolute Gasteiger partial charge is 0.494 e. The van der Waals surface area contributed by atoms with Crippen LogP contribution in [0.5, 0.6) is 5.75 Å². The molecule has 1 aromatic carbocycles. The van der Waals surface area contributed by atoms with Crippen molar-refractivity contribution in [3.8, 4) is 5.75 Å². The van der Waals surface area contributed by atoms with E-state index in [1.807, 2.05) is 30.7 Å². The highest BCUT2D eigenvalue weighted by molar-refractivity contribution is 6.22. The van der Waals surface area contributed by atoms with Gasteiger partial charge >= 0.3 is 0 Å². The lowest BCUT2D eigenvalue weighted by molar-refractivity contribution is 0.305. The molecule has 0 radical (unpaired) electrons. The third kappa shape index (κ3) is 3.13. The first-order valence-electron chi connectivity index (χ1n) is 7.64. The molecule has 3 nitrogen and oxygen atoms in total. The van der Waals surface area contributed by atoms with Gasteiger partial charge in [-0.15, -0.1) is 0 Å². The van der Waals surface area contributed by atoms with Crippen molar-refractivity contribution in [2.24, 2.45) is 9.98 Å². The quantitative estimate of drug-likeness (QED) is 0.686. The van der Waals surface area contributed by atoms with E-state index in [2.05, 4.69) is 29.0 Å². The molecule has 0 aliphatic carbocycles. The molecular formula is C18H20N2O. The van der Waals surface area contributed by atoms with Crippen molar-refractivity contribution in [2.45, 2.75) is 32.6 Å². The number of allylic oxidation sites excluding steroid dienone is 2. The number of nitrogens with zero attached hydrogens (tertiary/aromatic N) is 2. The Morgan fingerprint density at radius 3 is 2.67 bits per heavy atom. The van der Waals surface area contributed by atoms with Crippen molar-refractivity contribution in [2.75, 3.05) is 6.61 Å². The fourth-order valence-corrected chi connectivity index (χ4v) is 2.50. The number of hydrogen-bond acceptors (Lipinski definition) is 3. The van der Waals surface area contributed by atoms with Gasteiger partial charge in [-0.1, -0.05) is 26.2 Å². The molecule has 0 spiro atoms. The molecule has 21 heavy (non-hydrogen) atoms. The highest BCUT2D eigenvalue weighted by Gasteiger charge is 2.20. The number of fused-ring (bicyclic) bond motifs is 1. The van der Waals surface area contributed by atoms with E-state index < -0.39 is 0 Å². The number of rotatable bonds is 7. The monoisotopic (exact) mass is 280 g/mol. The lowest BCUT2D eigenvalue weighted by atomic mass is 10.0. The minimum atomic E-state index is 0.797. The van der Waals surface area contributed by atoms with Crippen LogP contribution in [-0.2, 0) is 0 Å². The lowest BCUT2D eigenvalue weighted by Crippen LogP contribution is -2.02. The summed E-state index contributed by atoms with van der Waals surface area (Å²) in [7, 11) is 0. The molecule has 0 aromatic heterocycles. The van der Waals surface area contributed by atoms with Gasteiger partial charge in [0.1, 0.15) is 5.75 Å². The van der Waals surface area contributed by atoms with Gasteiger partial charge in [-0.3, -0.25) is 9.98 Å². The summed E-state index contributed by atoms with van der Waals surface area (Å²) in [5.74, 6) is 0.929. The van der Waals surface area contributed by atoms with E-state index in [-0.39, 0.29) is 0 Å². The highest BCUT2D eigenvalue weighted by atomic mass is 16.5. The summed E-state index contributed by atoms with van der Waals surface area (Å²) in [6, 6.07) is 8.17. The topological polar surface area (TPSA) is 34.0 Å². The Bertz CT molecular complexity index is 621. The standard InChI is InChI=1S/C18H20N2O/c1-2-3-4-5-10-21-16-8-6-14(7-9-16)18-17-13-19-11-15(17)12-20-18/h6-9,11-13H,2-5,10H2,1H3. The molecule has 0 saturated carbocycles. The fraction of sp³-hybridized carbons (Fsp3) is 0.333. The second kappa shape index (κ2) is 6.53. The first-order chi connectivity index (χ1) is 10.4. The van der Waals surface area contributed by atoms with Gasteiger partial charge in [0.05, 0.1) is 12.3 Å². The Labute approximate surface area is 125 Å². The molecule has 0 amide bonds. The van der Waals surface area contributed by atoms with Crippen LogP contribution in [-0.4, -0.2) is 18.5 Å². The Morgan fingerprint density at radius 1 is 1.00 bits per heavy atom. The molecule has 0 bridgehead atoms. The fourth-order valence-electron chi connectivity index (χ4n) is 2.50. The second-order valence-electron chi connectivity index (χ2n) is 5.32. The average molecular weight is 280 g/mol. The smallest absolute Gasteiger partial charge is 0.119 e. The van der Waals surface area contributed by atoms with Crippen LogP contribution >= 0.6 is 0 Å². The van der Waals surface area contributed by atoms with Crippen molar-refractivity contribution in [1.82, 2.24) is 0 Å². The van der Waals surface area contributed by atoms with Gasteiger partial charge in [0, 0.05) is 35.3 Å². The summed E-state index contributed by atoms with van der Waals surface area (Å²) in [6.07, 6.45) is 10.5. The molecule has 108 valence electrons. The van der Waals surface area contributed by atoms with Crippen LogP contribution in [0.2, 0.25) is 0 Å². The summed E-state index contributed by atoms with van der Waals surface area (Å²) >= 11 is 0. The Balaban J connectivity index is 1.56. The summed E-state index contributed by atoms with van der Waals surface area (Å²) in [5.41, 5.74) is 4.32. The molecule has 0 N–H and O–H groups in total. The van der Waals surface area contributed by atoms with Gasteiger partial charge in [0.15, 0.2) is 0 Å². The van der Waals surface area contributed by atoms with Crippen LogP contribution in [0.1, 0.15) is 38.2 Å². The molecule has 0 fully saturated rings. The first-order valence-corrected chi connectivity index (χ1v) is 7.64. The van der Waals surface area contributed by atoms with Gasteiger partial charge in [0.2, 0.25) is 0 Å². The van der Waals surface area contributed by atoms with Crippen LogP contribution in [0.15, 0.2) is 57.8 Å². The number of ether oxygens (including phenoxy) is 1. The van der Waals surface area contributed by atoms with E-state index in [0.29, 0.717) is 0 Å². The van der Waals surface area contributed by atoms with Crippen molar-refractivity contribution in [3.63, 3.8) is 0 Å². The SMILES string of the molecule is CCCCCCOc1ccc(C2=NC=C3C=NC=C32)cc1. The minimum absolute atomic E-state index is 0.797. The number of benzene rings is 1. The van der Waals surface area contributed by atoms with Crippen LogP contribution in [0.25, 0.3) is 0 Å². The Hall–Kier alpha value is -2.16. The molecule has 0 unspecified atom stereocenters. The van der Waals surface area contributed by atoms with Crippen molar-refractivity contribution >= 4 is 11.9 Å². The molecule has 2 heterocycles. The van der Waals surface area contributed by atoms with Crippen LogP contribution < -0.4 is 4.74 Å². The predicted molar refractivity (Wildman–Crippen MR) is 87.3 cm³/mol. The van der Waals surface area contributed by atoms with Gasteiger partial charge in [-0.05, 0) is 30.7 Å². The molecule has 2 aliphatic rings. The summed E-state index contributed by atoms with van der Waals surface area (Å²) in [5, 5.41) is 0. The summed E-state index contributed by atoms with van der Waals surface area (Å²) in [6.45, 7) is 3.02.